The molecule has 4 nitrogen and oxygen atoms in total. The summed E-state index contributed by atoms with van der Waals surface area (Å²) in [5.74, 6) is 0.224. The summed E-state index contributed by atoms with van der Waals surface area (Å²) in [6.07, 6.45) is 2.18. The van der Waals surface area contributed by atoms with Crippen molar-refractivity contribution in [2.75, 3.05) is 12.3 Å². The van der Waals surface area contributed by atoms with Crippen LogP contribution in [-0.2, 0) is 28.3 Å². The van der Waals surface area contributed by atoms with Crippen LogP contribution in [0, 0.1) is 0 Å². The lowest BCUT2D eigenvalue weighted by molar-refractivity contribution is -0.139. The van der Waals surface area contributed by atoms with E-state index in [-0.39, 0.29) is 24.1 Å². The summed E-state index contributed by atoms with van der Waals surface area (Å²) in [6, 6.07) is 19.5. The Hall–Kier alpha value is -1.89. The number of hydrogen-bond donors (Lipinski definition) is 1. The van der Waals surface area contributed by atoms with Crippen molar-refractivity contribution in [2.45, 2.75) is 44.5 Å². The van der Waals surface area contributed by atoms with Gasteiger partial charge in [0, 0.05) is 45.4 Å². The van der Waals surface area contributed by atoms with Crippen molar-refractivity contribution in [2.24, 2.45) is 0 Å². The fourth-order valence-corrected chi connectivity index (χ4v) is 6.00. The molecule has 0 aliphatic heterocycles. The molecule has 0 spiro atoms. The lowest BCUT2D eigenvalue weighted by atomic mass is 10.0. The first-order chi connectivity index (χ1) is 18.3. The van der Waals surface area contributed by atoms with Crippen LogP contribution < -0.4 is 5.32 Å². The first-order valence-corrected chi connectivity index (χ1v) is 15.0. The van der Waals surface area contributed by atoms with Gasteiger partial charge in [-0.25, -0.2) is 0 Å². The van der Waals surface area contributed by atoms with E-state index in [1.807, 2.05) is 30.3 Å². The number of carbonyl (C=O) groups is 2. The van der Waals surface area contributed by atoms with Crippen molar-refractivity contribution < 1.29 is 9.59 Å². The zero-order valence-corrected chi connectivity index (χ0v) is 24.9. The predicted octanol–water partition coefficient (Wildman–Crippen LogP) is 8.09. The average Bonchev–Trinajstić information content (AvgIpc) is 2.89. The molecular weight excluding hydrogens is 582 g/mol. The molecule has 3 rings (SSSR count). The number of thioether (sulfide) groups is 1. The van der Waals surface area contributed by atoms with Crippen LogP contribution in [0.2, 0.25) is 20.1 Å². The van der Waals surface area contributed by atoms with Gasteiger partial charge in [-0.05, 0) is 47.4 Å². The smallest absolute Gasteiger partial charge is 0.243 e. The number of rotatable bonds is 13. The fraction of sp³-hybridized carbons (Fsp3) is 0.310. The summed E-state index contributed by atoms with van der Waals surface area (Å²) in [4.78, 5) is 28.8. The van der Waals surface area contributed by atoms with Crippen LogP contribution in [0.5, 0.6) is 0 Å². The molecule has 1 atom stereocenters. The number of carbonyl (C=O) groups excluding carboxylic acids is 2. The lowest BCUT2D eigenvalue weighted by Crippen LogP contribution is -2.51. The normalized spacial score (nSPS) is 11.7. The third-order valence-corrected chi connectivity index (χ3v) is 8.23. The van der Waals surface area contributed by atoms with Crippen molar-refractivity contribution in [1.29, 1.82) is 0 Å². The Morgan fingerprint density at radius 1 is 0.921 bits per heavy atom. The van der Waals surface area contributed by atoms with Crippen LogP contribution in [-0.4, -0.2) is 35.1 Å². The summed E-state index contributed by atoms with van der Waals surface area (Å²) in [5, 5.41) is 5.07. The maximum absolute atomic E-state index is 13.7. The maximum atomic E-state index is 13.7. The Kier molecular flexibility index (Phi) is 12.6. The van der Waals surface area contributed by atoms with Crippen molar-refractivity contribution in [1.82, 2.24) is 10.2 Å². The summed E-state index contributed by atoms with van der Waals surface area (Å²) in [5.41, 5.74) is 2.45. The lowest BCUT2D eigenvalue weighted by Gasteiger charge is -2.32. The van der Waals surface area contributed by atoms with E-state index < -0.39 is 6.04 Å². The molecule has 2 amide bonds. The summed E-state index contributed by atoms with van der Waals surface area (Å²) < 4.78 is 0. The Balaban J connectivity index is 1.88. The molecule has 0 aliphatic rings. The minimum Gasteiger partial charge on any atom is -0.354 e. The Morgan fingerprint density at radius 3 is 2.29 bits per heavy atom. The molecule has 0 saturated carbocycles. The summed E-state index contributed by atoms with van der Waals surface area (Å²) >= 11 is 26.6. The third-order valence-electron chi connectivity index (χ3n) is 5.99. The topological polar surface area (TPSA) is 49.4 Å². The largest absolute Gasteiger partial charge is 0.354 e. The highest BCUT2D eigenvalue weighted by Gasteiger charge is 2.30. The molecule has 3 aromatic carbocycles. The van der Waals surface area contributed by atoms with Gasteiger partial charge < -0.3 is 10.2 Å². The minimum absolute atomic E-state index is 0.139. The molecule has 0 bridgehead atoms. The van der Waals surface area contributed by atoms with Gasteiger partial charge in [-0.2, -0.15) is 0 Å². The summed E-state index contributed by atoms with van der Waals surface area (Å²) in [7, 11) is 0. The second kappa shape index (κ2) is 15.6. The number of nitrogens with one attached hydrogen (secondary N) is 1. The van der Waals surface area contributed by atoms with E-state index >= 15 is 0 Å². The molecule has 38 heavy (non-hydrogen) atoms. The molecule has 3 aromatic rings. The predicted molar refractivity (Wildman–Crippen MR) is 161 cm³/mol. The van der Waals surface area contributed by atoms with Gasteiger partial charge in [-0.3, -0.25) is 9.59 Å². The molecule has 0 saturated heterocycles. The molecule has 1 N–H and O–H groups in total. The van der Waals surface area contributed by atoms with Crippen LogP contribution in [0.15, 0.2) is 66.7 Å². The highest BCUT2D eigenvalue weighted by Crippen LogP contribution is 2.29. The molecule has 0 aliphatic carbocycles. The molecule has 0 radical (unpaired) electrons. The van der Waals surface area contributed by atoms with Gasteiger partial charge in [-0.15, -0.1) is 11.8 Å². The molecule has 0 fully saturated rings. The van der Waals surface area contributed by atoms with E-state index in [1.165, 1.54) is 11.8 Å². The van der Waals surface area contributed by atoms with Gasteiger partial charge in [-0.1, -0.05) is 102 Å². The van der Waals surface area contributed by atoms with E-state index in [1.54, 1.807) is 41.3 Å². The van der Waals surface area contributed by atoms with Crippen LogP contribution >= 0.6 is 58.2 Å². The van der Waals surface area contributed by atoms with Crippen LogP contribution in [0.1, 0.15) is 36.5 Å². The van der Waals surface area contributed by atoms with Crippen LogP contribution in [0.3, 0.4) is 0 Å². The first kappa shape index (κ1) is 30.6. The maximum Gasteiger partial charge on any atom is 0.243 e. The monoisotopic (exact) mass is 610 g/mol. The number of unbranched alkanes of at least 4 members (excludes halogenated alkanes) is 1. The Morgan fingerprint density at radius 2 is 1.63 bits per heavy atom. The number of benzene rings is 3. The van der Waals surface area contributed by atoms with Crippen molar-refractivity contribution in [3.8, 4) is 0 Å². The van der Waals surface area contributed by atoms with Crippen LogP contribution in [0.4, 0.5) is 0 Å². The van der Waals surface area contributed by atoms with Gasteiger partial charge in [0.05, 0.1) is 5.75 Å². The quantitative estimate of drug-likeness (QED) is 0.199. The fourth-order valence-electron chi connectivity index (χ4n) is 3.89. The zero-order chi connectivity index (χ0) is 27.5. The van der Waals surface area contributed by atoms with E-state index in [9.17, 15) is 9.59 Å². The SMILES string of the molecule is CCCCNC(=O)[C@@H](Cc1ccccc1)N(Cc1ccc(Cl)cc1Cl)C(=O)CSCc1c(Cl)cccc1Cl. The average molecular weight is 612 g/mol. The third kappa shape index (κ3) is 9.10. The van der Waals surface area contributed by atoms with Gasteiger partial charge >= 0.3 is 0 Å². The highest BCUT2D eigenvalue weighted by atomic mass is 35.5. The molecular formula is C29H30Cl4N2O2S. The van der Waals surface area contributed by atoms with Crippen LogP contribution in [0.25, 0.3) is 0 Å². The molecule has 202 valence electrons. The van der Waals surface area contributed by atoms with E-state index in [0.29, 0.717) is 44.4 Å². The Labute approximate surface area is 249 Å². The van der Waals surface area contributed by atoms with Gasteiger partial charge in [0.1, 0.15) is 6.04 Å². The van der Waals surface area contributed by atoms with E-state index in [0.717, 1.165) is 24.0 Å². The zero-order valence-electron chi connectivity index (χ0n) is 21.1. The Bertz CT molecular complexity index is 1210. The second-order valence-electron chi connectivity index (χ2n) is 8.80. The highest BCUT2D eigenvalue weighted by molar-refractivity contribution is 7.99. The molecule has 0 aromatic heterocycles. The number of halogens is 4. The van der Waals surface area contributed by atoms with Gasteiger partial charge in [0.15, 0.2) is 0 Å². The van der Waals surface area contributed by atoms with Crippen molar-refractivity contribution >= 4 is 70.0 Å². The van der Waals surface area contributed by atoms with Gasteiger partial charge in [0.25, 0.3) is 0 Å². The molecule has 9 heteroatoms. The second-order valence-corrected chi connectivity index (χ2v) is 11.4. The first-order valence-electron chi connectivity index (χ1n) is 12.4. The van der Waals surface area contributed by atoms with Crippen molar-refractivity contribution in [3.05, 3.63) is 104 Å². The number of amides is 2. The number of nitrogens with zero attached hydrogens (tertiary/aromatic N) is 1. The van der Waals surface area contributed by atoms with E-state index in [2.05, 4.69) is 12.2 Å². The molecule has 0 heterocycles. The van der Waals surface area contributed by atoms with E-state index in [4.69, 9.17) is 46.4 Å². The minimum atomic E-state index is -0.724. The molecule has 0 unspecified atom stereocenters. The number of hydrogen-bond acceptors (Lipinski definition) is 3. The van der Waals surface area contributed by atoms with Crippen molar-refractivity contribution in [3.63, 3.8) is 0 Å². The van der Waals surface area contributed by atoms with Gasteiger partial charge in [0.2, 0.25) is 11.8 Å². The standard InChI is InChI=1S/C29H30Cl4N2O2S/c1-2-3-14-34-29(37)27(15-20-8-5-4-6-9-20)35(17-21-12-13-22(30)16-26(21)33)28(36)19-38-18-23-24(31)10-7-11-25(23)32/h4-13,16,27H,2-3,14-15,17-19H2,1H3,(H,34,37)/t27-/m1/s1. The summed E-state index contributed by atoms with van der Waals surface area (Å²) in [6.45, 7) is 2.78.